The minimum absolute atomic E-state index is 0.0810. The highest BCUT2D eigenvalue weighted by Crippen LogP contribution is 2.17. The van der Waals surface area contributed by atoms with E-state index in [1.54, 1.807) is 0 Å². The van der Waals surface area contributed by atoms with Crippen LogP contribution >= 0.6 is 0 Å². The first kappa shape index (κ1) is 76.3. The number of carbonyl (C=O) groups is 3. The van der Waals surface area contributed by atoms with Crippen LogP contribution in [0.25, 0.3) is 0 Å². The monoisotopic (exact) mass is 1110 g/mol. The Morgan fingerprint density at radius 1 is 0.263 bits per heavy atom. The van der Waals surface area contributed by atoms with E-state index < -0.39 is 6.10 Å². The smallest absolute Gasteiger partial charge is 0.306 e. The normalized spacial score (nSPS) is 12.7. The van der Waals surface area contributed by atoms with Crippen LogP contribution in [-0.4, -0.2) is 37.2 Å². The summed E-state index contributed by atoms with van der Waals surface area (Å²) in [7, 11) is 0. The van der Waals surface area contributed by atoms with Gasteiger partial charge in [0.25, 0.3) is 0 Å². The summed E-state index contributed by atoms with van der Waals surface area (Å²) in [6.45, 7) is 6.47. The van der Waals surface area contributed by atoms with E-state index in [2.05, 4.69) is 118 Å². The van der Waals surface area contributed by atoms with Crippen molar-refractivity contribution in [2.75, 3.05) is 13.2 Å². The average Bonchev–Trinajstić information content (AvgIpc) is 3.46. The number of hydrogen-bond donors (Lipinski definition) is 0. The third-order valence-corrected chi connectivity index (χ3v) is 14.8. The number of rotatable bonds is 62. The van der Waals surface area contributed by atoms with Crippen LogP contribution in [0.4, 0.5) is 0 Å². The van der Waals surface area contributed by atoms with Crippen LogP contribution in [0.5, 0.6) is 0 Å². The molecule has 0 spiro atoms. The molecule has 0 N–H and O–H groups in total. The largest absolute Gasteiger partial charge is 0.462 e. The van der Waals surface area contributed by atoms with Crippen molar-refractivity contribution in [3.63, 3.8) is 0 Å². The molecule has 0 heterocycles. The Hall–Kier alpha value is -3.67. The van der Waals surface area contributed by atoms with Crippen molar-refractivity contribution in [3.05, 3.63) is 97.2 Å². The molecule has 0 aliphatic carbocycles. The van der Waals surface area contributed by atoms with Crippen molar-refractivity contribution >= 4 is 17.9 Å². The van der Waals surface area contributed by atoms with Crippen molar-refractivity contribution in [2.24, 2.45) is 0 Å². The molecule has 0 rings (SSSR count). The molecule has 0 aliphatic heterocycles. The molecule has 0 aliphatic rings. The predicted octanol–water partition coefficient (Wildman–Crippen LogP) is 23.6. The van der Waals surface area contributed by atoms with Gasteiger partial charge in [0.05, 0.1) is 0 Å². The average molecular weight is 1110 g/mol. The summed E-state index contributed by atoms with van der Waals surface area (Å²) in [5.74, 6) is -0.887. The van der Waals surface area contributed by atoms with E-state index in [9.17, 15) is 14.4 Å². The molecule has 6 heteroatoms. The molecule has 1 atom stereocenters. The maximum absolute atomic E-state index is 12.9. The summed E-state index contributed by atoms with van der Waals surface area (Å²) >= 11 is 0. The number of hydrogen-bond acceptors (Lipinski definition) is 6. The fourth-order valence-corrected chi connectivity index (χ4v) is 9.68. The zero-order valence-corrected chi connectivity index (χ0v) is 52.8. The van der Waals surface area contributed by atoms with E-state index in [1.807, 2.05) is 0 Å². The van der Waals surface area contributed by atoms with E-state index in [1.165, 1.54) is 180 Å². The van der Waals surface area contributed by atoms with Gasteiger partial charge in [0.1, 0.15) is 13.2 Å². The zero-order chi connectivity index (χ0) is 57.8. The van der Waals surface area contributed by atoms with Crippen molar-refractivity contribution in [1.29, 1.82) is 0 Å². The number of ether oxygens (including phenoxy) is 3. The lowest BCUT2D eigenvalue weighted by Crippen LogP contribution is -2.30. The van der Waals surface area contributed by atoms with Crippen molar-refractivity contribution in [1.82, 2.24) is 0 Å². The lowest BCUT2D eigenvalue weighted by Gasteiger charge is -2.18. The van der Waals surface area contributed by atoms with Gasteiger partial charge in [-0.3, -0.25) is 14.4 Å². The third-order valence-electron chi connectivity index (χ3n) is 14.8. The fraction of sp³-hybridized carbons (Fsp3) is 0.743. The minimum Gasteiger partial charge on any atom is -0.462 e. The van der Waals surface area contributed by atoms with Crippen LogP contribution in [0.15, 0.2) is 97.2 Å². The van der Waals surface area contributed by atoms with Gasteiger partial charge >= 0.3 is 17.9 Å². The molecule has 0 bridgehead atoms. The van der Waals surface area contributed by atoms with Gasteiger partial charge in [-0.25, -0.2) is 0 Å². The molecular weight excluding hydrogens is 985 g/mol. The van der Waals surface area contributed by atoms with E-state index >= 15 is 0 Å². The predicted molar refractivity (Wildman–Crippen MR) is 348 cm³/mol. The third kappa shape index (κ3) is 65.1. The van der Waals surface area contributed by atoms with Crippen LogP contribution in [0.2, 0.25) is 0 Å². The maximum atomic E-state index is 12.9. The molecule has 0 amide bonds. The lowest BCUT2D eigenvalue weighted by molar-refractivity contribution is -0.167. The Kier molecular flexibility index (Phi) is 64.7. The number of unbranched alkanes of at least 4 members (excludes halogenated alkanes) is 35. The maximum Gasteiger partial charge on any atom is 0.306 e. The van der Waals surface area contributed by atoms with E-state index in [0.29, 0.717) is 19.3 Å². The topological polar surface area (TPSA) is 78.9 Å². The summed E-state index contributed by atoms with van der Waals surface area (Å²) in [6, 6.07) is 0. The molecule has 1 unspecified atom stereocenters. The molecule has 0 saturated heterocycles. The van der Waals surface area contributed by atoms with E-state index in [4.69, 9.17) is 14.2 Å². The van der Waals surface area contributed by atoms with Crippen LogP contribution in [0.1, 0.15) is 335 Å². The Labute approximate surface area is 496 Å². The molecule has 0 aromatic rings. The van der Waals surface area contributed by atoms with Gasteiger partial charge in [-0.15, -0.1) is 0 Å². The molecule has 0 saturated carbocycles. The molecule has 80 heavy (non-hydrogen) atoms. The first-order valence-electron chi connectivity index (χ1n) is 34.2. The SMILES string of the molecule is CC/C=C\C/C=C\C/C=C\C/C=C\CCCCCCCCCCCCCCCCCCC(=O)OCC(COC(=O)CCCCCCC/C=C\CCC)OC(=O)CCCCCCCCCC/C=C\C/C=C\C/C=C\CCCCCCC. The summed E-state index contributed by atoms with van der Waals surface area (Å²) < 4.78 is 16.9. The van der Waals surface area contributed by atoms with Crippen molar-refractivity contribution in [2.45, 2.75) is 341 Å². The Balaban J connectivity index is 4.19. The second-order valence-corrected chi connectivity index (χ2v) is 22.7. The standard InChI is InChI=1S/C74H128O6/c1-4-7-10-13-16-19-22-24-26-28-30-32-34-35-36-37-38-39-41-42-44-46-48-50-52-55-58-61-64-67-73(76)79-70-71(69-78-72(75)66-63-60-57-54-21-18-15-12-9-6-3)80-74(77)68-65-62-59-56-53-51-49-47-45-43-40-33-31-29-27-25-23-20-17-14-11-8-5-2/h7,10,12,15-16,19,23-26,29-32,40,43,71H,4-6,8-9,11,13-14,17-18,20-22,27-28,33-39,41-42,44-70H2,1-3H3/b10-7-,15-12-,19-16-,25-23-,26-24-,31-29-,32-30-,43-40-. The van der Waals surface area contributed by atoms with Gasteiger partial charge in [0.2, 0.25) is 0 Å². The van der Waals surface area contributed by atoms with Crippen molar-refractivity contribution < 1.29 is 28.6 Å². The summed E-state index contributed by atoms with van der Waals surface area (Å²) in [6.07, 6.45) is 91.5. The second kappa shape index (κ2) is 67.8. The molecule has 460 valence electrons. The molecular formula is C74H128O6. The van der Waals surface area contributed by atoms with E-state index in [-0.39, 0.29) is 31.1 Å². The highest BCUT2D eigenvalue weighted by Gasteiger charge is 2.19. The highest BCUT2D eigenvalue weighted by molar-refractivity contribution is 5.71. The Morgan fingerprint density at radius 2 is 0.512 bits per heavy atom. The minimum atomic E-state index is -0.785. The Morgan fingerprint density at radius 3 is 0.825 bits per heavy atom. The van der Waals surface area contributed by atoms with Crippen LogP contribution in [0.3, 0.4) is 0 Å². The summed E-state index contributed by atoms with van der Waals surface area (Å²) in [5.41, 5.74) is 0. The van der Waals surface area contributed by atoms with Gasteiger partial charge in [-0.1, -0.05) is 298 Å². The Bertz CT molecular complexity index is 1560. The summed E-state index contributed by atoms with van der Waals surface area (Å²) in [5, 5.41) is 0. The van der Waals surface area contributed by atoms with Gasteiger partial charge in [0.15, 0.2) is 6.10 Å². The molecule has 0 radical (unpaired) electrons. The van der Waals surface area contributed by atoms with E-state index in [0.717, 1.165) is 116 Å². The molecule has 6 nitrogen and oxygen atoms in total. The molecule has 0 aromatic heterocycles. The highest BCUT2D eigenvalue weighted by atomic mass is 16.6. The molecule has 0 aromatic carbocycles. The number of carbonyl (C=O) groups excluding carboxylic acids is 3. The molecule has 0 fully saturated rings. The van der Waals surface area contributed by atoms with Gasteiger partial charge in [0, 0.05) is 19.3 Å². The number of esters is 3. The first-order valence-corrected chi connectivity index (χ1v) is 34.2. The second-order valence-electron chi connectivity index (χ2n) is 22.7. The quantitative estimate of drug-likeness (QED) is 0.0261. The van der Waals surface area contributed by atoms with Gasteiger partial charge in [-0.05, 0) is 116 Å². The van der Waals surface area contributed by atoms with Gasteiger partial charge in [-0.2, -0.15) is 0 Å². The zero-order valence-electron chi connectivity index (χ0n) is 52.8. The summed E-state index contributed by atoms with van der Waals surface area (Å²) in [4.78, 5) is 38.3. The van der Waals surface area contributed by atoms with Gasteiger partial charge < -0.3 is 14.2 Å². The lowest BCUT2D eigenvalue weighted by atomic mass is 10.0. The van der Waals surface area contributed by atoms with Crippen molar-refractivity contribution in [3.8, 4) is 0 Å². The van der Waals surface area contributed by atoms with Crippen LogP contribution in [-0.2, 0) is 28.6 Å². The van der Waals surface area contributed by atoms with Crippen LogP contribution < -0.4 is 0 Å². The first-order chi connectivity index (χ1) is 39.5. The number of allylic oxidation sites excluding steroid dienone is 16. The fourth-order valence-electron chi connectivity index (χ4n) is 9.68. The van der Waals surface area contributed by atoms with Crippen LogP contribution in [0, 0.1) is 0 Å².